The molecule has 1 aromatic rings. The molecule has 0 heterocycles. The number of hydrogen-bond donors (Lipinski definition) is 2. The molecule has 0 atom stereocenters. The first kappa shape index (κ1) is 15.8. The van der Waals surface area contributed by atoms with Crippen LogP contribution in [-0.2, 0) is 11.3 Å². The Kier molecular flexibility index (Phi) is 7.35. The molecule has 1 rings (SSSR count). The molecule has 0 aliphatic heterocycles. The first-order valence-corrected chi connectivity index (χ1v) is 6.35. The Bertz CT molecular complexity index is 415. The van der Waals surface area contributed by atoms with Gasteiger partial charge in [0, 0.05) is 30.3 Å². The lowest BCUT2D eigenvalue weighted by atomic mass is 10.2. The highest BCUT2D eigenvalue weighted by molar-refractivity contribution is 6.31. The molecule has 0 saturated heterocycles. The summed E-state index contributed by atoms with van der Waals surface area (Å²) in [5, 5.41) is 22.8. The molecule has 6 nitrogen and oxygen atoms in total. The van der Waals surface area contributed by atoms with Gasteiger partial charge in [-0.05, 0) is 24.6 Å². The second-order valence-electron chi connectivity index (χ2n) is 3.90. The lowest BCUT2D eigenvalue weighted by molar-refractivity contribution is -0.384. The fraction of sp³-hybridized carbons (Fsp3) is 0.500. The molecule has 0 aliphatic rings. The van der Waals surface area contributed by atoms with Crippen LogP contribution in [0.4, 0.5) is 5.69 Å². The highest BCUT2D eigenvalue weighted by Gasteiger charge is 2.09. The minimum Gasteiger partial charge on any atom is -0.394 e. The molecule has 2 N–H and O–H groups in total. The SMILES string of the molecule is O=[N+]([O-])c1ccc(Cl)c(CNCCCOCCO)c1. The average Bonchev–Trinajstić information content (AvgIpc) is 2.39. The molecule has 0 radical (unpaired) electrons. The smallest absolute Gasteiger partial charge is 0.269 e. The Labute approximate surface area is 116 Å². The maximum Gasteiger partial charge on any atom is 0.269 e. The van der Waals surface area contributed by atoms with Crippen molar-refractivity contribution in [3.63, 3.8) is 0 Å². The van der Waals surface area contributed by atoms with Gasteiger partial charge in [0.25, 0.3) is 5.69 Å². The van der Waals surface area contributed by atoms with Crippen LogP contribution in [0.15, 0.2) is 18.2 Å². The van der Waals surface area contributed by atoms with E-state index in [0.29, 0.717) is 36.9 Å². The number of nitrogens with zero attached hydrogens (tertiary/aromatic N) is 1. The summed E-state index contributed by atoms with van der Waals surface area (Å²) in [7, 11) is 0. The van der Waals surface area contributed by atoms with Crippen molar-refractivity contribution in [2.24, 2.45) is 0 Å². The first-order chi connectivity index (χ1) is 9.15. The van der Waals surface area contributed by atoms with E-state index in [2.05, 4.69) is 5.32 Å². The number of halogens is 1. The van der Waals surface area contributed by atoms with E-state index in [9.17, 15) is 10.1 Å². The maximum atomic E-state index is 10.6. The van der Waals surface area contributed by atoms with E-state index in [-0.39, 0.29) is 12.3 Å². The summed E-state index contributed by atoms with van der Waals surface area (Å²) < 4.78 is 5.10. The van der Waals surface area contributed by atoms with Crippen LogP contribution in [0.2, 0.25) is 5.02 Å². The molecular weight excluding hydrogens is 272 g/mol. The second kappa shape index (κ2) is 8.82. The minimum absolute atomic E-state index is 0.0245. The van der Waals surface area contributed by atoms with Crippen LogP contribution < -0.4 is 5.32 Å². The number of aliphatic hydroxyl groups excluding tert-OH is 1. The van der Waals surface area contributed by atoms with E-state index in [0.717, 1.165) is 6.42 Å². The Morgan fingerprint density at radius 1 is 1.42 bits per heavy atom. The van der Waals surface area contributed by atoms with E-state index in [4.69, 9.17) is 21.4 Å². The molecule has 0 fully saturated rings. The van der Waals surface area contributed by atoms with Crippen molar-refractivity contribution in [3.8, 4) is 0 Å². The van der Waals surface area contributed by atoms with Crippen LogP contribution in [0.25, 0.3) is 0 Å². The van der Waals surface area contributed by atoms with Gasteiger partial charge in [0.1, 0.15) is 0 Å². The monoisotopic (exact) mass is 288 g/mol. The Hall–Kier alpha value is -1.21. The number of non-ortho nitro benzene ring substituents is 1. The Morgan fingerprint density at radius 2 is 2.21 bits per heavy atom. The van der Waals surface area contributed by atoms with Gasteiger partial charge in [-0.25, -0.2) is 0 Å². The normalized spacial score (nSPS) is 10.6. The van der Waals surface area contributed by atoms with Crippen molar-refractivity contribution >= 4 is 17.3 Å². The zero-order valence-electron chi connectivity index (χ0n) is 10.5. The number of nitro benzene ring substituents is 1. The lowest BCUT2D eigenvalue weighted by Crippen LogP contribution is -2.17. The predicted molar refractivity (Wildman–Crippen MR) is 72.3 cm³/mol. The number of nitro groups is 1. The summed E-state index contributed by atoms with van der Waals surface area (Å²) in [5.41, 5.74) is 0.736. The van der Waals surface area contributed by atoms with Crippen LogP contribution in [-0.4, -0.2) is 36.4 Å². The molecule has 0 aliphatic carbocycles. The quantitative estimate of drug-likeness (QED) is 0.411. The van der Waals surface area contributed by atoms with Crippen LogP contribution in [0.1, 0.15) is 12.0 Å². The van der Waals surface area contributed by atoms with Gasteiger partial charge in [0.15, 0.2) is 0 Å². The van der Waals surface area contributed by atoms with Gasteiger partial charge in [-0.3, -0.25) is 10.1 Å². The summed E-state index contributed by atoms with van der Waals surface area (Å²) in [6.45, 7) is 2.12. The zero-order valence-corrected chi connectivity index (χ0v) is 11.2. The van der Waals surface area contributed by atoms with Gasteiger partial charge < -0.3 is 15.2 Å². The Morgan fingerprint density at radius 3 is 2.89 bits per heavy atom. The molecule has 106 valence electrons. The van der Waals surface area contributed by atoms with Crippen LogP contribution >= 0.6 is 11.6 Å². The highest BCUT2D eigenvalue weighted by atomic mass is 35.5. The van der Waals surface area contributed by atoms with Crippen molar-refractivity contribution < 1.29 is 14.8 Å². The van der Waals surface area contributed by atoms with E-state index in [1.165, 1.54) is 18.2 Å². The number of nitrogens with one attached hydrogen (secondary N) is 1. The van der Waals surface area contributed by atoms with Gasteiger partial charge in [-0.1, -0.05) is 11.6 Å². The fourth-order valence-corrected chi connectivity index (χ4v) is 1.68. The van der Waals surface area contributed by atoms with Gasteiger partial charge in [0.2, 0.25) is 0 Å². The van der Waals surface area contributed by atoms with Crippen molar-refractivity contribution in [3.05, 3.63) is 38.9 Å². The summed E-state index contributed by atoms with van der Waals surface area (Å²) in [6, 6.07) is 4.38. The molecule has 0 bridgehead atoms. The second-order valence-corrected chi connectivity index (χ2v) is 4.31. The summed E-state index contributed by atoms with van der Waals surface area (Å²) in [4.78, 5) is 10.2. The minimum atomic E-state index is -0.442. The molecule has 0 aromatic heterocycles. The standard InChI is InChI=1S/C12H17ClN2O4/c13-12-3-2-11(15(17)18)8-10(12)9-14-4-1-6-19-7-5-16/h2-3,8,14,16H,1,4-7,9H2. The van der Waals surface area contributed by atoms with Crippen molar-refractivity contribution in [2.75, 3.05) is 26.4 Å². The zero-order chi connectivity index (χ0) is 14.1. The predicted octanol–water partition coefficient (Wildman–Crippen LogP) is 1.74. The van der Waals surface area contributed by atoms with Crippen LogP contribution in [0.3, 0.4) is 0 Å². The fourth-order valence-electron chi connectivity index (χ4n) is 1.50. The average molecular weight is 289 g/mol. The molecule has 0 spiro atoms. The van der Waals surface area contributed by atoms with E-state index in [1.807, 2.05) is 0 Å². The molecule has 0 saturated carbocycles. The maximum absolute atomic E-state index is 10.6. The molecule has 7 heteroatoms. The van der Waals surface area contributed by atoms with Crippen molar-refractivity contribution in [1.29, 1.82) is 0 Å². The third-order valence-corrected chi connectivity index (χ3v) is 2.80. The summed E-state index contributed by atoms with van der Waals surface area (Å²) >= 11 is 5.97. The summed E-state index contributed by atoms with van der Waals surface area (Å²) in [5.74, 6) is 0. The number of rotatable bonds is 9. The molecule has 0 amide bonds. The Balaban J connectivity index is 2.32. The molecular formula is C12H17ClN2O4. The molecule has 19 heavy (non-hydrogen) atoms. The molecule has 0 unspecified atom stereocenters. The number of hydrogen-bond acceptors (Lipinski definition) is 5. The van der Waals surface area contributed by atoms with Gasteiger partial charge in [-0.15, -0.1) is 0 Å². The van der Waals surface area contributed by atoms with E-state index in [1.54, 1.807) is 0 Å². The largest absolute Gasteiger partial charge is 0.394 e. The van der Waals surface area contributed by atoms with Crippen molar-refractivity contribution in [1.82, 2.24) is 5.32 Å². The van der Waals surface area contributed by atoms with Crippen LogP contribution in [0, 0.1) is 10.1 Å². The summed E-state index contributed by atoms with van der Waals surface area (Å²) in [6.07, 6.45) is 0.798. The van der Waals surface area contributed by atoms with Gasteiger partial charge in [-0.2, -0.15) is 0 Å². The molecule has 1 aromatic carbocycles. The highest BCUT2D eigenvalue weighted by Crippen LogP contribution is 2.21. The van der Waals surface area contributed by atoms with Gasteiger partial charge in [0.05, 0.1) is 18.1 Å². The number of benzene rings is 1. The number of aliphatic hydroxyl groups is 1. The van der Waals surface area contributed by atoms with Crippen molar-refractivity contribution in [2.45, 2.75) is 13.0 Å². The number of ether oxygens (including phenoxy) is 1. The lowest BCUT2D eigenvalue weighted by Gasteiger charge is -2.07. The van der Waals surface area contributed by atoms with Crippen LogP contribution in [0.5, 0.6) is 0 Å². The third kappa shape index (κ3) is 5.98. The van der Waals surface area contributed by atoms with E-state index >= 15 is 0 Å². The first-order valence-electron chi connectivity index (χ1n) is 5.97. The van der Waals surface area contributed by atoms with E-state index < -0.39 is 4.92 Å². The third-order valence-electron chi connectivity index (χ3n) is 2.43. The topological polar surface area (TPSA) is 84.6 Å². The van der Waals surface area contributed by atoms with Gasteiger partial charge >= 0.3 is 0 Å².